The first-order valence-electron chi connectivity index (χ1n) is 6.81. The van der Waals surface area contributed by atoms with Crippen LogP contribution in [0, 0.1) is 0 Å². The van der Waals surface area contributed by atoms with Crippen molar-refractivity contribution in [1.82, 2.24) is 5.32 Å². The monoisotopic (exact) mass is 265 g/mol. The molecule has 0 amide bonds. The summed E-state index contributed by atoms with van der Waals surface area (Å²) in [4.78, 5) is 0. The van der Waals surface area contributed by atoms with Crippen LogP contribution in [0.25, 0.3) is 0 Å². The number of benzene rings is 1. The quantitative estimate of drug-likeness (QED) is 0.754. The summed E-state index contributed by atoms with van der Waals surface area (Å²) in [7, 11) is 1.64. The molecule has 1 fully saturated rings. The molecule has 1 aliphatic rings. The van der Waals surface area contributed by atoms with Crippen LogP contribution in [0.1, 0.15) is 26.2 Å². The second-order valence-corrected chi connectivity index (χ2v) is 5.41. The number of ether oxygens (including phenoxy) is 2. The second kappa shape index (κ2) is 6.26. The number of methoxy groups -OCH3 is 1. The maximum atomic E-state index is 9.49. The summed E-state index contributed by atoms with van der Waals surface area (Å²) in [5, 5.41) is 13.0. The molecule has 0 spiro atoms. The fourth-order valence-corrected chi connectivity index (χ4v) is 1.98. The lowest BCUT2D eigenvalue weighted by atomic mass is 9.99. The highest BCUT2D eigenvalue weighted by Crippen LogP contribution is 2.24. The molecule has 4 nitrogen and oxygen atoms in total. The molecule has 0 bridgehead atoms. The SMILES string of the molecule is COc1ccc(OCCC(C)(CO)NC2CC2)cc1. The first kappa shape index (κ1) is 14.2. The molecule has 4 heteroatoms. The van der Waals surface area contributed by atoms with Gasteiger partial charge in [0.1, 0.15) is 11.5 Å². The van der Waals surface area contributed by atoms with Crippen molar-refractivity contribution in [1.29, 1.82) is 0 Å². The maximum Gasteiger partial charge on any atom is 0.119 e. The molecule has 1 aliphatic carbocycles. The van der Waals surface area contributed by atoms with E-state index in [-0.39, 0.29) is 12.1 Å². The summed E-state index contributed by atoms with van der Waals surface area (Å²) in [6, 6.07) is 8.12. The van der Waals surface area contributed by atoms with Crippen molar-refractivity contribution in [2.24, 2.45) is 0 Å². The smallest absolute Gasteiger partial charge is 0.119 e. The average Bonchev–Trinajstić information content (AvgIpc) is 3.23. The van der Waals surface area contributed by atoms with Crippen LogP contribution in [0.5, 0.6) is 11.5 Å². The fourth-order valence-electron chi connectivity index (χ4n) is 1.98. The molecule has 2 N–H and O–H groups in total. The van der Waals surface area contributed by atoms with E-state index in [1.165, 1.54) is 12.8 Å². The molecule has 1 atom stereocenters. The lowest BCUT2D eigenvalue weighted by Gasteiger charge is -2.29. The lowest BCUT2D eigenvalue weighted by molar-refractivity contribution is 0.142. The zero-order chi connectivity index (χ0) is 13.7. The molecule has 106 valence electrons. The minimum atomic E-state index is -0.242. The minimum Gasteiger partial charge on any atom is -0.497 e. The summed E-state index contributed by atoms with van der Waals surface area (Å²) >= 11 is 0. The van der Waals surface area contributed by atoms with Gasteiger partial charge in [0, 0.05) is 18.0 Å². The number of aliphatic hydroxyl groups excluding tert-OH is 1. The van der Waals surface area contributed by atoms with Crippen LogP contribution >= 0.6 is 0 Å². The molecular weight excluding hydrogens is 242 g/mol. The summed E-state index contributed by atoms with van der Waals surface area (Å²) in [5.41, 5.74) is -0.242. The highest BCUT2D eigenvalue weighted by atomic mass is 16.5. The van der Waals surface area contributed by atoms with Gasteiger partial charge in [0.15, 0.2) is 0 Å². The summed E-state index contributed by atoms with van der Waals surface area (Å²) < 4.78 is 10.8. The summed E-state index contributed by atoms with van der Waals surface area (Å²) in [6.07, 6.45) is 3.22. The maximum absolute atomic E-state index is 9.49. The van der Waals surface area contributed by atoms with Crippen LogP contribution in [0.2, 0.25) is 0 Å². The van der Waals surface area contributed by atoms with Gasteiger partial charge in [0.2, 0.25) is 0 Å². The molecule has 0 aliphatic heterocycles. The summed E-state index contributed by atoms with van der Waals surface area (Å²) in [6.45, 7) is 2.77. The van der Waals surface area contributed by atoms with Crippen LogP contribution in [0.15, 0.2) is 24.3 Å². The molecule has 0 heterocycles. The van der Waals surface area contributed by atoms with E-state index in [9.17, 15) is 5.11 Å². The van der Waals surface area contributed by atoms with Crippen molar-refractivity contribution in [3.8, 4) is 11.5 Å². The van der Waals surface area contributed by atoms with E-state index in [2.05, 4.69) is 5.32 Å². The van der Waals surface area contributed by atoms with Crippen molar-refractivity contribution in [3.05, 3.63) is 24.3 Å². The number of aliphatic hydroxyl groups is 1. The highest BCUT2D eigenvalue weighted by molar-refractivity contribution is 5.31. The van der Waals surface area contributed by atoms with Crippen LogP contribution in [-0.4, -0.2) is 37.0 Å². The predicted molar refractivity (Wildman–Crippen MR) is 74.8 cm³/mol. The van der Waals surface area contributed by atoms with Gasteiger partial charge in [-0.05, 0) is 44.0 Å². The van der Waals surface area contributed by atoms with E-state index >= 15 is 0 Å². The van der Waals surface area contributed by atoms with Crippen molar-refractivity contribution in [2.45, 2.75) is 37.8 Å². The second-order valence-electron chi connectivity index (χ2n) is 5.41. The van der Waals surface area contributed by atoms with E-state index < -0.39 is 0 Å². The Labute approximate surface area is 114 Å². The van der Waals surface area contributed by atoms with E-state index in [1.807, 2.05) is 31.2 Å². The van der Waals surface area contributed by atoms with Crippen molar-refractivity contribution >= 4 is 0 Å². The Hall–Kier alpha value is -1.26. The number of nitrogens with one attached hydrogen (secondary N) is 1. The largest absolute Gasteiger partial charge is 0.497 e. The van der Waals surface area contributed by atoms with Gasteiger partial charge in [0.25, 0.3) is 0 Å². The van der Waals surface area contributed by atoms with E-state index in [1.54, 1.807) is 7.11 Å². The van der Waals surface area contributed by atoms with Crippen LogP contribution in [-0.2, 0) is 0 Å². The topological polar surface area (TPSA) is 50.7 Å². The van der Waals surface area contributed by atoms with Gasteiger partial charge in [-0.2, -0.15) is 0 Å². The number of hydrogen-bond acceptors (Lipinski definition) is 4. The number of rotatable bonds is 8. The van der Waals surface area contributed by atoms with Crippen molar-refractivity contribution in [3.63, 3.8) is 0 Å². The fraction of sp³-hybridized carbons (Fsp3) is 0.600. The van der Waals surface area contributed by atoms with Gasteiger partial charge in [-0.1, -0.05) is 0 Å². The third-order valence-corrected chi connectivity index (χ3v) is 3.46. The Bertz CT molecular complexity index is 389. The molecule has 19 heavy (non-hydrogen) atoms. The Kier molecular flexibility index (Phi) is 4.66. The molecule has 2 rings (SSSR count). The Morgan fingerprint density at radius 1 is 1.26 bits per heavy atom. The lowest BCUT2D eigenvalue weighted by Crippen LogP contribution is -2.48. The van der Waals surface area contributed by atoms with Crippen molar-refractivity contribution < 1.29 is 14.6 Å². The Morgan fingerprint density at radius 3 is 2.42 bits per heavy atom. The molecule has 0 radical (unpaired) electrons. The molecule has 1 aromatic rings. The summed E-state index contributed by atoms with van der Waals surface area (Å²) in [5.74, 6) is 1.65. The van der Waals surface area contributed by atoms with E-state index in [0.29, 0.717) is 12.6 Å². The van der Waals surface area contributed by atoms with Gasteiger partial charge in [-0.15, -0.1) is 0 Å². The molecule has 0 saturated heterocycles. The van der Waals surface area contributed by atoms with Crippen LogP contribution in [0.3, 0.4) is 0 Å². The first-order valence-corrected chi connectivity index (χ1v) is 6.81. The first-order chi connectivity index (χ1) is 9.15. The third-order valence-electron chi connectivity index (χ3n) is 3.46. The molecule has 0 aromatic heterocycles. The van der Waals surface area contributed by atoms with E-state index in [4.69, 9.17) is 9.47 Å². The standard InChI is InChI=1S/C15H23NO3/c1-15(11-17,16-12-3-4-12)9-10-19-14-7-5-13(18-2)6-8-14/h5-8,12,16-17H,3-4,9-11H2,1-2H3. The zero-order valence-electron chi connectivity index (χ0n) is 11.7. The van der Waals surface area contributed by atoms with Crippen LogP contribution < -0.4 is 14.8 Å². The van der Waals surface area contributed by atoms with Gasteiger partial charge >= 0.3 is 0 Å². The number of hydrogen-bond donors (Lipinski definition) is 2. The van der Waals surface area contributed by atoms with Crippen molar-refractivity contribution in [2.75, 3.05) is 20.3 Å². The average molecular weight is 265 g/mol. The molecular formula is C15H23NO3. The van der Waals surface area contributed by atoms with Gasteiger partial charge < -0.3 is 19.9 Å². The molecule has 1 unspecified atom stereocenters. The van der Waals surface area contributed by atoms with Gasteiger partial charge in [-0.25, -0.2) is 0 Å². The van der Waals surface area contributed by atoms with Gasteiger partial charge in [0.05, 0.1) is 20.3 Å². The van der Waals surface area contributed by atoms with Gasteiger partial charge in [-0.3, -0.25) is 0 Å². The third kappa shape index (κ3) is 4.40. The predicted octanol–water partition coefficient (Wildman–Crippen LogP) is 1.97. The molecule has 1 saturated carbocycles. The Morgan fingerprint density at radius 2 is 1.89 bits per heavy atom. The normalized spacial score (nSPS) is 17.8. The molecule has 1 aromatic carbocycles. The van der Waals surface area contributed by atoms with Crippen LogP contribution in [0.4, 0.5) is 0 Å². The minimum absolute atomic E-state index is 0.134. The zero-order valence-corrected chi connectivity index (χ0v) is 11.7. The van der Waals surface area contributed by atoms with E-state index in [0.717, 1.165) is 17.9 Å². The Balaban J connectivity index is 1.77. The highest BCUT2D eigenvalue weighted by Gasteiger charge is 2.31.